The highest BCUT2D eigenvalue weighted by Crippen LogP contribution is 2.30. The van der Waals surface area contributed by atoms with Crippen LogP contribution in [0.5, 0.6) is 0 Å². The normalized spacial score (nSPS) is 29.7. The third-order valence-corrected chi connectivity index (χ3v) is 2.77. The minimum atomic E-state index is -0.451. The molecular weight excluding hydrogens is 222 g/mol. The van der Waals surface area contributed by atoms with Gasteiger partial charge < -0.3 is 19.1 Å². The van der Waals surface area contributed by atoms with Crippen LogP contribution in [0, 0.1) is 0 Å². The summed E-state index contributed by atoms with van der Waals surface area (Å²) in [6.07, 6.45) is 0.587. The average Bonchev–Trinajstić information content (AvgIpc) is 2.89. The first-order chi connectivity index (χ1) is 7.90. The van der Waals surface area contributed by atoms with Crippen LogP contribution in [0.3, 0.4) is 0 Å². The van der Waals surface area contributed by atoms with E-state index in [1.165, 1.54) is 0 Å². The first-order valence-corrected chi connectivity index (χ1v) is 6.10. The molecule has 2 aliphatic heterocycles. The first-order valence-electron chi connectivity index (χ1n) is 6.10. The van der Waals surface area contributed by atoms with E-state index in [0.29, 0.717) is 32.9 Å². The Labute approximate surface area is 102 Å². The Morgan fingerprint density at radius 1 is 1.35 bits per heavy atom. The molecule has 0 aliphatic carbocycles. The van der Waals surface area contributed by atoms with Crippen molar-refractivity contribution in [3.05, 3.63) is 0 Å². The summed E-state index contributed by atoms with van der Waals surface area (Å²) in [5.41, 5.74) is -0.717. The van der Waals surface area contributed by atoms with E-state index < -0.39 is 5.60 Å². The van der Waals surface area contributed by atoms with Gasteiger partial charge in [-0.3, -0.25) is 0 Å². The van der Waals surface area contributed by atoms with Crippen LogP contribution in [0.25, 0.3) is 0 Å². The molecule has 1 unspecified atom stereocenters. The van der Waals surface area contributed by atoms with E-state index in [2.05, 4.69) is 0 Å². The van der Waals surface area contributed by atoms with Crippen molar-refractivity contribution < 1.29 is 19.0 Å². The van der Waals surface area contributed by atoms with Gasteiger partial charge in [0, 0.05) is 13.2 Å². The van der Waals surface area contributed by atoms with E-state index in [-0.39, 0.29) is 11.7 Å². The van der Waals surface area contributed by atoms with E-state index in [0.717, 1.165) is 6.42 Å². The molecule has 0 saturated carbocycles. The van der Waals surface area contributed by atoms with Crippen LogP contribution in [-0.2, 0) is 14.2 Å². The summed E-state index contributed by atoms with van der Waals surface area (Å²) in [4.78, 5) is 13.7. The van der Waals surface area contributed by atoms with Crippen LogP contribution < -0.4 is 0 Å². The van der Waals surface area contributed by atoms with E-state index >= 15 is 0 Å². The van der Waals surface area contributed by atoms with Crippen molar-refractivity contribution in [3.8, 4) is 0 Å². The smallest absolute Gasteiger partial charge is 0.410 e. The molecule has 0 radical (unpaired) electrons. The number of amides is 1. The molecule has 5 nitrogen and oxygen atoms in total. The topological polar surface area (TPSA) is 51.3 Å². The van der Waals surface area contributed by atoms with Crippen molar-refractivity contribution in [3.63, 3.8) is 0 Å². The molecule has 0 aromatic carbocycles. The summed E-state index contributed by atoms with van der Waals surface area (Å²) >= 11 is 0. The lowest BCUT2D eigenvalue weighted by molar-refractivity contribution is -0.00137. The Bertz CT molecular complexity index is 293. The average molecular weight is 243 g/mol. The predicted octanol–water partition coefficient (Wildman–Crippen LogP) is 1.41. The summed E-state index contributed by atoms with van der Waals surface area (Å²) < 4.78 is 16.3. The zero-order valence-corrected chi connectivity index (χ0v) is 10.8. The fourth-order valence-corrected chi connectivity index (χ4v) is 1.85. The van der Waals surface area contributed by atoms with Gasteiger partial charge in [0.05, 0.1) is 19.8 Å². The van der Waals surface area contributed by atoms with Crippen LogP contribution in [0.2, 0.25) is 0 Å². The maximum atomic E-state index is 12.0. The first kappa shape index (κ1) is 12.6. The lowest BCUT2D eigenvalue weighted by Gasteiger charge is -2.30. The van der Waals surface area contributed by atoms with E-state index in [9.17, 15) is 4.79 Å². The molecule has 2 heterocycles. The van der Waals surface area contributed by atoms with Gasteiger partial charge in [-0.05, 0) is 27.2 Å². The van der Waals surface area contributed by atoms with Crippen LogP contribution in [0.4, 0.5) is 4.79 Å². The monoisotopic (exact) mass is 243 g/mol. The van der Waals surface area contributed by atoms with E-state index in [4.69, 9.17) is 14.2 Å². The van der Waals surface area contributed by atoms with Crippen LogP contribution in [0.1, 0.15) is 27.2 Å². The molecule has 98 valence electrons. The fraction of sp³-hybridized carbons (Fsp3) is 0.917. The highest BCUT2D eigenvalue weighted by molar-refractivity contribution is 5.68. The second-order valence-electron chi connectivity index (χ2n) is 5.78. The zero-order chi connectivity index (χ0) is 12.5. The number of hydrogen-bond donors (Lipinski definition) is 0. The summed E-state index contributed by atoms with van der Waals surface area (Å²) in [6.45, 7) is 8.79. The molecule has 2 saturated heterocycles. The summed E-state index contributed by atoms with van der Waals surface area (Å²) in [5, 5.41) is 0. The van der Waals surface area contributed by atoms with Gasteiger partial charge in [-0.25, -0.2) is 4.79 Å². The van der Waals surface area contributed by atoms with Crippen molar-refractivity contribution in [2.24, 2.45) is 0 Å². The van der Waals surface area contributed by atoms with Gasteiger partial charge in [-0.1, -0.05) is 0 Å². The van der Waals surface area contributed by atoms with Crippen molar-refractivity contribution in [2.45, 2.75) is 38.4 Å². The Hall–Kier alpha value is -0.810. The number of carbonyl (C=O) groups excluding carboxylic acids is 1. The van der Waals surface area contributed by atoms with Crippen molar-refractivity contribution in [1.29, 1.82) is 0 Å². The van der Waals surface area contributed by atoms with E-state index in [1.807, 2.05) is 20.8 Å². The molecule has 1 spiro atoms. The van der Waals surface area contributed by atoms with Gasteiger partial charge in [-0.15, -0.1) is 0 Å². The quantitative estimate of drug-likeness (QED) is 0.604. The maximum Gasteiger partial charge on any atom is 0.410 e. The molecule has 1 amide bonds. The highest BCUT2D eigenvalue weighted by atomic mass is 16.6. The Balaban J connectivity index is 1.95. The van der Waals surface area contributed by atoms with Crippen molar-refractivity contribution in [2.75, 3.05) is 32.9 Å². The number of hydrogen-bond acceptors (Lipinski definition) is 4. The number of rotatable bonds is 0. The standard InChI is InChI=1S/C12H21NO4/c1-11(2,3)17-10(14)13-5-4-6-15-8-12(7-13)9-16-12/h4-9H2,1-3H3. The van der Waals surface area contributed by atoms with Gasteiger partial charge >= 0.3 is 6.09 Å². The van der Waals surface area contributed by atoms with Gasteiger partial charge in [-0.2, -0.15) is 0 Å². The number of ether oxygens (including phenoxy) is 3. The van der Waals surface area contributed by atoms with E-state index in [1.54, 1.807) is 4.90 Å². The van der Waals surface area contributed by atoms with Gasteiger partial charge in [0.15, 0.2) is 0 Å². The molecule has 0 bridgehead atoms. The Morgan fingerprint density at radius 3 is 2.65 bits per heavy atom. The second-order valence-corrected chi connectivity index (χ2v) is 5.78. The minimum absolute atomic E-state index is 0.255. The summed E-state index contributed by atoms with van der Waals surface area (Å²) in [5.74, 6) is 0. The number of carbonyl (C=O) groups is 1. The molecular formula is C12H21NO4. The molecule has 17 heavy (non-hydrogen) atoms. The third-order valence-electron chi connectivity index (χ3n) is 2.77. The molecule has 2 fully saturated rings. The number of nitrogens with zero attached hydrogens (tertiary/aromatic N) is 1. The van der Waals surface area contributed by atoms with Crippen molar-refractivity contribution in [1.82, 2.24) is 4.90 Å². The predicted molar refractivity (Wildman–Crippen MR) is 61.9 cm³/mol. The van der Waals surface area contributed by atoms with Crippen LogP contribution >= 0.6 is 0 Å². The van der Waals surface area contributed by atoms with Gasteiger partial charge in [0.1, 0.15) is 11.2 Å². The van der Waals surface area contributed by atoms with Gasteiger partial charge in [0.25, 0.3) is 0 Å². The number of epoxide rings is 1. The second kappa shape index (κ2) is 4.46. The van der Waals surface area contributed by atoms with Gasteiger partial charge in [0.2, 0.25) is 0 Å². The molecule has 0 aromatic rings. The summed E-state index contributed by atoms with van der Waals surface area (Å²) in [7, 11) is 0. The third kappa shape index (κ3) is 3.57. The Kier molecular flexibility index (Phi) is 3.32. The lowest BCUT2D eigenvalue weighted by Crippen LogP contribution is -2.46. The lowest BCUT2D eigenvalue weighted by atomic mass is 10.1. The maximum absolute atomic E-state index is 12.0. The molecule has 0 N–H and O–H groups in total. The van der Waals surface area contributed by atoms with Crippen LogP contribution in [-0.4, -0.2) is 55.1 Å². The minimum Gasteiger partial charge on any atom is -0.444 e. The fourth-order valence-electron chi connectivity index (χ4n) is 1.85. The Morgan fingerprint density at radius 2 is 2.06 bits per heavy atom. The SMILES string of the molecule is CC(C)(C)OC(=O)N1CCCOCC2(CO2)C1. The molecule has 0 aromatic heterocycles. The highest BCUT2D eigenvalue weighted by Gasteiger charge is 2.48. The molecule has 5 heteroatoms. The van der Waals surface area contributed by atoms with Crippen molar-refractivity contribution >= 4 is 6.09 Å². The molecule has 1 atom stereocenters. The molecule has 2 aliphatic rings. The van der Waals surface area contributed by atoms with Crippen LogP contribution in [0.15, 0.2) is 0 Å². The summed E-state index contributed by atoms with van der Waals surface area (Å²) in [6, 6.07) is 0. The molecule has 2 rings (SSSR count). The zero-order valence-electron chi connectivity index (χ0n) is 10.8. The largest absolute Gasteiger partial charge is 0.444 e.